The van der Waals surface area contributed by atoms with Crippen molar-refractivity contribution >= 4 is 70.9 Å². The van der Waals surface area contributed by atoms with E-state index in [1.165, 1.54) is 82.7 Å². The highest BCUT2D eigenvalue weighted by Gasteiger charge is 2.46. The molecule has 0 aliphatic carbocycles. The zero-order chi connectivity index (χ0) is 67.4. The quantitative estimate of drug-likeness (QED) is 0.109. The van der Waals surface area contributed by atoms with Crippen molar-refractivity contribution in [2.75, 3.05) is 48.8 Å². The number of rotatable bonds is 16. The molecule has 12 atom stereocenters. The zero-order valence-corrected chi connectivity index (χ0v) is 57.0. The van der Waals surface area contributed by atoms with E-state index < -0.39 is 162 Å². The van der Waals surface area contributed by atoms with Gasteiger partial charge >= 0.3 is 5.97 Å². The van der Waals surface area contributed by atoms with E-state index >= 15 is 19.2 Å². The van der Waals surface area contributed by atoms with Crippen LogP contribution in [0.15, 0.2) is 12.2 Å². The standard InChI is InChI=1S/C63H111N11O13/c1-25-27-28-40(15)53(87-43(18)75)52-57(80)67-44(26-2)59(82)69(19)33-49(76)66-45(29-34(3)4)55(78)68-50(38(11)12)62(85)70(20)46(30-35(5)6)56(79)64-41(16)54(77)65-42(17)58(81)71(21)47(31-36(7)8)60(83)72(22)48(32-37(9)10)61(84)73(23)51(39(13)14)63(86)74(52)24/h25,27,34-42,44-48,50-53H,26,28-33H2,1-24H3,(H,64,79)(H,65,77)(H,66,76)(H,67,80)(H,68,78)/b27-25+/t40-,41?,42?,44+,45+,46+,47+,48+,50+,51+,52+,53-/m1/s1. The van der Waals surface area contributed by atoms with Gasteiger partial charge in [-0.3, -0.25) is 57.5 Å². The second kappa shape index (κ2) is 36.0. The minimum atomic E-state index is -1.61. The van der Waals surface area contributed by atoms with E-state index in [0.29, 0.717) is 6.42 Å². The molecule has 1 aliphatic rings. The molecule has 0 aromatic carbocycles. The maximum Gasteiger partial charge on any atom is 0.303 e. The molecular formula is C63H111N11O13. The summed E-state index contributed by atoms with van der Waals surface area (Å²) in [5.74, 6) is -10.8. The fourth-order valence-corrected chi connectivity index (χ4v) is 10.8. The minimum absolute atomic E-state index is 0.00518. The highest BCUT2D eigenvalue weighted by atomic mass is 16.5. The summed E-state index contributed by atoms with van der Waals surface area (Å²) in [6.45, 7) is 30.3. The van der Waals surface area contributed by atoms with Crippen molar-refractivity contribution in [3.05, 3.63) is 12.2 Å². The lowest BCUT2D eigenvalue weighted by Gasteiger charge is -2.42. The van der Waals surface area contributed by atoms with E-state index in [1.807, 2.05) is 61.5 Å². The van der Waals surface area contributed by atoms with Crippen LogP contribution in [0.4, 0.5) is 0 Å². The Morgan fingerprint density at radius 1 is 0.494 bits per heavy atom. The molecule has 5 N–H and O–H groups in total. The predicted molar refractivity (Wildman–Crippen MR) is 333 cm³/mol. The fraction of sp³-hybridized carbons (Fsp3) is 0.778. The van der Waals surface area contributed by atoms with E-state index in [9.17, 15) is 38.4 Å². The fourth-order valence-electron chi connectivity index (χ4n) is 10.8. The Balaban J connectivity index is 4.39. The number of hydrogen-bond donors (Lipinski definition) is 5. The van der Waals surface area contributed by atoms with Crippen LogP contribution in [0.5, 0.6) is 0 Å². The van der Waals surface area contributed by atoms with Crippen LogP contribution >= 0.6 is 0 Å². The smallest absolute Gasteiger partial charge is 0.303 e. The Kier molecular flexibility index (Phi) is 32.4. The molecule has 2 unspecified atom stereocenters. The number of ether oxygens (including phenoxy) is 1. The molecule has 1 saturated heterocycles. The third kappa shape index (κ3) is 23.1. The molecule has 496 valence electrons. The molecule has 1 rings (SSSR count). The van der Waals surface area contributed by atoms with E-state index in [0.717, 1.165) is 9.80 Å². The summed E-state index contributed by atoms with van der Waals surface area (Å²) in [7, 11) is 8.44. The van der Waals surface area contributed by atoms with E-state index in [4.69, 9.17) is 4.74 Å². The second-order valence-corrected chi connectivity index (χ2v) is 26.3. The van der Waals surface area contributed by atoms with Crippen LogP contribution in [-0.4, -0.2) is 216 Å². The molecule has 0 radical (unpaired) electrons. The Labute approximate surface area is 519 Å². The zero-order valence-electron chi connectivity index (χ0n) is 57.0. The number of carbonyl (C=O) groups is 12. The molecule has 0 spiro atoms. The Bertz CT molecular complexity index is 2410. The molecule has 1 aliphatic heterocycles. The highest BCUT2D eigenvalue weighted by Crippen LogP contribution is 2.27. The first-order valence-corrected chi connectivity index (χ1v) is 31.1. The molecule has 0 bridgehead atoms. The summed E-state index contributed by atoms with van der Waals surface area (Å²) in [6, 6.07) is -12.5. The maximum absolute atomic E-state index is 15.4. The number of esters is 1. The molecule has 0 aromatic heterocycles. The lowest BCUT2D eigenvalue weighted by molar-refractivity contribution is -0.164. The van der Waals surface area contributed by atoms with Crippen molar-refractivity contribution in [3.8, 4) is 0 Å². The Morgan fingerprint density at radius 2 is 0.954 bits per heavy atom. The molecule has 1 fully saturated rings. The largest absolute Gasteiger partial charge is 0.459 e. The van der Waals surface area contributed by atoms with Gasteiger partial charge in [0, 0.05) is 49.2 Å². The number of likely N-dealkylation sites (N-methyl/N-ethyl adjacent to an activating group) is 6. The number of amides is 11. The first-order valence-electron chi connectivity index (χ1n) is 31.1. The van der Waals surface area contributed by atoms with Gasteiger partial charge < -0.3 is 60.7 Å². The van der Waals surface area contributed by atoms with Crippen molar-refractivity contribution in [1.29, 1.82) is 0 Å². The van der Waals surface area contributed by atoms with E-state index in [1.54, 1.807) is 54.5 Å². The van der Waals surface area contributed by atoms with Crippen molar-refractivity contribution in [3.63, 3.8) is 0 Å². The Morgan fingerprint density at radius 3 is 1.41 bits per heavy atom. The van der Waals surface area contributed by atoms with Crippen LogP contribution in [0.3, 0.4) is 0 Å². The van der Waals surface area contributed by atoms with Crippen molar-refractivity contribution < 1.29 is 62.3 Å². The van der Waals surface area contributed by atoms with Crippen LogP contribution in [-0.2, 0) is 62.3 Å². The van der Waals surface area contributed by atoms with E-state index in [-0.39, 0.29) is 55.8 Å². The average molecular weight is 1230 g/mol. The van der Waals surface area contributed by atoms with E-state index in [2.05, 4.69) is 26.6 Å². The second-order valence-electron chi connectivity index (χ2n) is 26.3. The van der Waals surface area contributed by atoms with Crippen molar-refractivity contribution in [2.45, 2.75) is 230 Å². The minimum Gasteiger partial charge on any atom is -0.459 e. The first kappa shape index (κ1) is 78.4. The summed E-state index contributed by atoms with van der Waals surface area (Å²) in [5.41, 5.74) is 0. The van der Waals surface area contributed by atoms with Gasteiger partial charge in [0.25, 0.3) is 0 Å². The molecule has 0 saturated carbocycles. The highest BCUT2D eigenvalue weighted by molar-refractivity contribution is 5.99. The van der Waals surface area contributed by atoms with Gasteiger partial charge in [-0.05, 0) is 101 Å². The lowest BCUT2D eigenvalue weighted by Crippen LogP contribution is -2.64. The van der Waals surface area contributed by atoms with Gasteiger partial charge in [-0.1, -0.05) is 109 Å². The van der Waals surface area contributed by atoms with Crippen molar-refractivity contribution in [1.82, 2.24) is 56.0 Å². The third-order valence-corrected chi connectivity index (χ3v) is 15.9. The monoisotopic (exact) mass is 1230 g/mol. The summed E-state index contributed by atoms with van der Waals surface area (Å²) in [4.78, 5) is 180. The molecule has 87 heavy (non-hydrogen) atoms. The summed E-state index contributed by atoms with van der Waals surface area (Å²) >= 11 is 0. The number of nitrogens with zero attached hydrogens (tertiary/aromatic N) is 6. The molecule has 1 heterocycles. The third-order valence-electron chi connectivity index (χ3n) is 15.9. The SMILES string of the molecule is C/C=C/C[C@@H](C)[C@@H](OC(C)=O)[C@H]1C(=O)N[C@@H](CC)C(=O)N(C)CC(=O)N[C@@H](CC(C)C)C(=O)N[C@@H](C(C)C)C(=O)N(C)[C@@H](CC(C)C)C(=O)NC(C)C(=O)NC(C)C(=O)N(C)[C@@H](CC(C)C)C(=O)N(C)[C@@H](CC(C)C)C(=O)N(C)[C@@H](C(C)C)C(=O)N1C. The summed E-state index contributed by atoms with van der Waals surface area (Å²) in [6.07, 6.45) is 3.11. The normalized spacial score (nSPS) is 26.3. The summed E-state index contributed by atoms with van der Waals surface area (Å²) < 4.78 is 5.91. The van der Waals surface area contributed by atoms with Gasteiger partial charge in [-0.15, -0.1) is 0 Å². The van der Waals surface area contributed by atoms with Crippen LogP contribution in [0.1, 0.15) is 163 Å². The van der Waals surface area contributed by atoms with Gasteiger partial charge in [0.1, 0.15) is 66.5 Å². The summed E-state index contributed by atoms with van der Waals surface area (Å²) in [5, 5.41) is 13.7. The van der Waals surface area contributed by atoms with Gasteiger partial charge in [-0.25, -0.2) is 0 Å². The van der Waals surface area contributed by atoms with Gasteiger partial charge in [0.05, 0.1) is 6.54 Å². The molecule has 24 nitrogen and oxygen atoms in total. The van der Waals surface area contributed by atoms with Crippen LogP contribution < -0.4 is 26.6 Å². The Hall–Kier alpha value is -6.62. The molecule has 0 aromatic rings. The predicted octanol–water partition coefficient (Wildman–Crippen LogP) is 3.50. The van der Waals surface area contributed by atoms with Crippen LogP contribution in [0.2, 0.25) is 0 Å². The first-order chi connectivity index (χ1) is 40.2. The molecular weight excluding hydrogens is 1120 g/mol. The lowest BCUT2D eigenvalue weighted by atomic mass is 9.91. The number of nitrogens with one attached hydrogen (secondary N) is 5. The number of hydrogen-bond acceptors (Lipinski definition) is 13. The topological polar surface area (TPSA) is 294 Å². The van der Waals surface area contributed by atoms with Crippen molar-refractivity contribution in [2.24, 2.45) is 41.4 Å². The van der Waals surface area contributed by atoms with Gasteiger partial charge in [0.15, 0.2) is 0 Å². The maximum atomic E-state index is 15.4. The van der Waals surface area contributed by atoms with Gasteiger partial charge in [0.2, 0.25) is 65.0 Å². The van der Waals surface area contributed by atoms with Crippen LogP contribution in [0, 0.1) is 41.4 Å². The van der Waals surface area contributed by atoms with Gasteiger partial charge in [-0.2, -0.15) is 0 Å². The molecule has 11 amide bonds. The average Bonchev–Trinajstić information content (AvgIpc) is 1.42. The van der Waals surface area contributed by atoms with Crippen LogP contribution in [0.25, 0.3) is 0 Å². The number of carbonyl (C=O) groups excluding carboxylic acids is 12. The number of allylic oxidation sites excluding steroid dienone is 2. The molecule has 24 heteroatoms.